The molecule has 1 spiro atoms. The second-order valence-corrected chi connectivity index (χ2v) is 10.8. The van der Waals surface area contributed by atoms with E-state index in [1.807, 2.05) is 6.08 Å². The Morgan fingerprint density at radius 1 is 1.24 bits per heavy atom. The first-order valence-electron chi connectivity index (χ1n) is 11.2. The molecule has 4 fully saturated rings. The van der Waals surface area contributed by atoms with E-state index in [0.29, 0.717) is 24.2 Å². The Hall–Kier alpha value is -1.49. The number of ketones is 2. The van der Waals surface area contributed by atoms with Crippen LogP contribution in [0.4, 0.5) is 0 Å². The van der Waals surface area contributed by atoms with E-state index < -0.39 is 5.97 Å². The van der Waals surface area contributed by atoms with Gasteiger partial charge in [0.05, 0.1) is 6.10 Å². The first kappa shape index (κ1) is 19.5. The molecule has 0 aromatic carbocycles. The Morgan fingerprint density at radius 3 is 2.72 bits per heavy atom. The molecule has 158 valence electrons. The van der Waals surface area contributed by atoms with Gasteiger partial charge >= 0.3 is 5.97 Å². The lowest BCUT2D eigenvalue weighted by Crippen LogP contribution is -2.57. The predicted octanol–water partition coefficient (Wildman–Crippen LogP) is 3.64. The van der Waals surface area contributed by atoms with E-state index in [-0.39, 0.29) is 46.6 Å². The fourth-order valence-corrected chi connectivity index (χ4v) is 8.33. The van der Waals surface area contributed by atoms with Crippen LogP contribution in [0.25, 0.3) is 0 Å². The summed E-state index contributed by atoms with van der Waals surface area (Å²) in [7, 11) is 0. The highest BCUT2D eigenvalue weighted by Crippen LogP contribution is 2.76. The van der Waals surface area contributed by atoms with Crippen molar-refractivity contribution in [1.29, 1.82) is 0 Å². The standard InChI is InChI=1S/C24H32O5/c1-13-9-18-17-6-5-15-10-16(26)7-8-23(15,4)24(17)20(29-24)11-22(18,3)21(13)19(27)12-28-14(2)25/h10,13,17-18,20-21H,5-9,11-12H2,1-4H3/t13-,17?,18?,20+,21-,22+,23+,24-/m1/s1. The van der Waals surface area contributed by atoms with Gasteiger partial charge in [-0.25, -0.2) is 0 Å². The van der Waals surface area contributed by atoms with Gasteiger partial charge in [-0.2, -0.15) is 0 Å². The number of ether oxygens (including phenoxy) is 2. The monoisotopic (exact) mass is 400 g/mol. The summed E-state index contributed by atoms with van der Waals surface area (Å²) in [6, 6.07) is 0. The highest BCUT2D eigenvalue weighted by molar-refractivity contribution is 5.92. The zero-order valence-corrected chi connectivity index (χ0v) is 18.0. The van der Waals surface area contributed by atoms with E-state index in [1.165, 1.54) is 12.5 Å². The van der Waals surface area contributed by atoms with Gasteiger partial charge in [0, 0.05) is 24.7 Å². The van der Waals surface area contributed by atoms with Crippen LogP contribution in [-0.2, 0) is 23.9 Å². The molecule has 4 aliphatic carbocycles. The second-order valence-electron chi connectivity index (χ2n) is 10.8. The van der Waals surface area contributed by atoms with Crippen molar-refractivity contribution in [2.45, 2.75) is 77.9 Å². The number of esters is 1. The molecule has 8 atom stereocenters. The van der Waals surface area contributed by atoms with Gasteiger partial charge in [0.15, 0.2) is 11.6 Å². The van der Waals surface area contributed by atoms with Crippen molar-refractivity contribution >= 4 is 17.5 Å². The van der Waals surface area contributed by atoms with Crippen molar-refractivity contribution in [1.82, 2.24) is 0 Å². The molecular weight excluding hydrogens is 368 g/mol. The van der Waals surface area contributed by atoms with E-state index in [1.54, 1.807) is 0 Å². The molecule has 5 rings (SSSR count). The van der Waals surface area contributed by atoms with Crippen LogP contribution in [0.2, 0.25) is 0 Å². The molecule has 1 heterocycles. The van der Waals surface area contributed by atoms with E-state index in [0.717, 1.165) is 32.1 Å². The number of rotatable bonds is 3. The third kappa shape index (κ3) is 2.40. The van der Waals surface area contributed by atoms with Gasteiger partial charge in [-0.05, 0) is 61.3 Å². The lowest BCUT2D eigenvalue weighted by Gasteiger charge is -2.55. The number of carbonyl (C=O) groups is 3. The number of Topliss-reactive ketones (excluding diaryl/α,β-unsaturated/α-hetero) is 1. The van der Waals surface area contributed by atoms with Crippen LogP contribution in [-0.4, -0.2) is 35.8 Å². The van der Waals surface area contributed by atoms with Crippen LogP contribution in [0, 0.1) is 34.5 Å². The smallest absolute Gasteiger partial charge is 0.303 e. The van der Waals surface area contributed by atoms with Gasteiger partial charge in [-0.1, -0.05) is 26.3 Å². The van der Waals surface area contributed by atoms with Gasteiger partial charge in [-0.3, -0.25) is 14.4 Å². The first-order valence-corrected chi connectivity index (χ1v) is 11.2. The summed E-state index contributed by atoms with van der Waals surface area (Å²) in [6.45, 7) is 8.03. The maximum absolute atomic E-state index is 13.1. The number of carbonyl (C=O) groups excluding carboxylic acids is 3. The van der Waals surface area contributed by atoms with Crippen molar-refractivity contribution in [3.8, 4) is 0 Å². The Kier molecular flexibility index (Phi) is 4.05. The lowest BCUT2D eigenvalue weighted by atomic mass is 9.46. The van der Waals surface area contributed by atoms with E-state index in [2.05, 4.69) is 20.8 Å². The molecular formula is C24H32O5. The molecule has 5 aliphatic rings. The molecule has 2 unspecified atom stereocenters. The molecule has 0 bridgehead atoms. The van der Waals surface area contributed by atoms with Gasteiger partial charge in [0.25, 0.3) is 0 Å². The normalized spacial score (nSPS) is 49.9. The third-order valence-electron chi connectivity index (χ3n) is 9.44. The average molecular weight is 401 g/mol. The molecule has 0 amide bonds. The Balaban J connectivity index is 1.47. The van der Waals surface area contributed by atoms with Crippen molar-refractivity contribution in [3.63, 3.8) is 0 Å². The Morgan fingerprint density at radius 2 is 2.00 bits per heavy atom. The molecule has 3 saturated carbocycles. The Bertz CT molecular complexity index is 829. The van der Waals surface area contributed by atoms with Crippen molar-refractivity contribution in [2.24, 2.45) is 34.5 Å². The molecule has 0 N–H and O–H groups in total. The summed E-state index contributed by atoms with van der Waals surface area (Å²) in [6.07, 6.45) is 7.52. The number of hydrogen-bond donors (Lipinski definition) is 0. The van der Waals surface area contributed by atoms with Crippen LogP contribution >= 0.6 is 0 Å². The van der Waals surface area contributed by atoms with Crippen molar-refractivity contribution in [2.75, 3.05) is 6.61 Å². The summed E-state index contributed by atoms with van der Waals surface area (Å²) in [5, 5.41) is 0. The first-order chi connectivity index (χ1) is 13.6. The lowest BCUT2D eigenvalue weighted by molar-refractivity contribution is -0.149. The number of hydrogen-bond acceptors (Lipinski definition) is 5. The van der Waals surface area contributed by atoms with Crippen molar-refractivity contribution < 1.29 is 23.9 Å². The molecule has 5 heteroatoms. The molecule has 0 aromatic heterocycles. The van der Waals surface area contributed by atoms with Crippen molar-refractivity contribution in [3.05, 3.63) is 11.6 Å². The summed E-state index contributed by atoms with van der Waals surface area (Å²) >= 11 is 0. The molecule has 29 heavy (non-hydrogen) atoms. The maximum Gasteiger partial charge on any atom is 0.303 e. The Labute approximate surface area is 172 Å². The zero-order valence-electron chi connectivity index (χ0n) is 18.0. The van der Waals surface area contributed by atoms with Gasteiger partial charge in [0.2, 0.25) is 0 Å². The molecule has 1 aliphatic heterocycles. The van der Waals surface area contributed by atoms with Crippen LogP contribution in [0.5, 0.6) is 0 Å². The SMILES string of the molecule is CC(=O)OCC(=O)[C@H]1[C@H](C)CC2C3CCC4=CC(=O)CC[C@]4(C)[C@@]34O[C@H]4C[C@@]21C. The minimum Gasteiger partial charge on any atom is -0.458 e. The molecule has 0 radical (unpaired) electrons. The minimum atomic E-state index is -0.398. The van der Waals surface area contributed by atoms with Gasteiger partial charge in [-0.15, -0.1) is 0 Å². The topological polar surface area (TPSA) is 73.0 Å². The van der Waals surface area contributed by atoms with Gasteiger partial charge < -0.3 is 9.47 Å². The number of fused-ring (bicyclic) bond motifs is 3. The summed E-state index contributed by atoms with van der Waals surface area (Å²) in [4.78, 5) is 36.3. The summed E-state index contributed by atoms with van der Waals surface area (Å²) in [5.74, 6) is 1.03. The second kappa shape index (κ2) is 6.03. The summed E-state index contributed by atoms with van der Waals surface area (Å²) < 4.78 is 11.7. The highest BCUT2D eigenvalue weighted by atomic mass is 16.6. The third-order valence-corrected chi connectivity index (χ3v) is 9.44. The quantitative estimate of drug-likeness (QED) is 0.534. The van der Waals surface area contributed by atoms with Gasteiger partial charge in [0.1, 0.15) is 12.2 Å². The average Bonchev–Trinajstić information content (AvgIpc) is 3.29. The molecule has 1 saturated heterocycles. The van der Waals surface area contributed by atoms with Crippen LogP contribution in [0.15, 0.2) is 11.6 Å². The maximum atomic E-state index is 13.1. The highest BCUT2D eigenvalue weighted by Gasteiger charge is 2.79. The van der Waals surface area contributed by atoms with E-state index in [9.17, 15) is 14.4 Å². The summed E-state index contributed by atoms with van der Waals surface area (Å²) in [5.41, 5.74) is 1.01. The predicted molar refractivity (Wildman–Crippen MR) is 106 cm³/mol. The van der Waals surface area contributed by atoms with E-state index >= 15 is 0 Å². The minimum absolute atomic E-state index is 0.0428. The fraction of sp³-hybridized carbons (Fsp3) is 0.792. The molecule has 5 nitrogen and oxygen atoms in total. The molecule has 0 aromatic rings. The van der Waals surface area contributed by atoms with Crippen LogP contribution in [0.1, 0.15) is 66.2 Å². The largest absolute Gasteiger partial charge is 0.458 e. The fourth-order valence-electron chi connectivity index (χ4n) is 8.33. The van der Waals surface area contributed by atoms with Crippen LogP contribution < -0.4 is 0 Å². The number of epoxide rings is 1. The van der Waals surface area contributed by atoms with E-state index in [4.69, 9.17) is 9.47 Å². The van der Waals surface area contributed by atoms with Crippen LogP contribution in [0.3, 0.4) is 0 Å². The zero-order chi connectivity index (χ0) is 20.8.